The monoisotopic (exact) mass is 612 g/mol. The zero-order valence-corrected chi connectivity index (χ0v) is 26.0. The van der Waals surface area contributed by atoms with Gasteiger partial charge in [-0.05, 0) is 52.9 Å². The van der Waals surface area contributed by atoms with Crippen LogP contribution in [0.15, 0.2) is 170 Å². The Balaban J connectivity index is 1.36. The maximum absolute atomic E-state index is 5.48. The lowest BCUT2D eigenvalue weighted by Gasteiger charge is -2.13. The largest absolute Gasteiger partial charge is 0.294 e. The molecule has 0 aliphatic heterocycles. The fourth-order valence-corrected chi connectivity index (χ4v) is 7.40. The van der Waals surface area contributed by atoms with E-state index in [1.54, 1.807) is 0 Å². The molecule has 48 heavy (non-hydrogen) atoms. The van der Waals surface area contributed by atoms with Gasteiger partial charge in [0.05, 0.1) is 27.8 Å². The maximum atomic E-state index is 5.48. The van der Waals surface area contributed by atoms with E-state index in [9.17, 15) is 0 Å². The molecular formula is C44H28N4. The van der Waals surface area contributed by atoms with E-state index in [1.165, 1.54) is 32.7 Å². The van der Waals surface area contributed by atoms with Crippen LogP contribution in [0.5, 0.6) is 0 Å². The molecule has 0 fully saturated rings. The summed E-state index contributed by atoms with van der Waals surface area (Å²) in [6.07, 6.45) is 1.86. The summed E-state index contributed by atoms with van der Waals surface area (Å²) in [5, 5.41) is 5.96. The van der Waals surface area contributed by atoms with Gasteiger partial charge in [0.15, 0.2) is 0 Å². The number of pyridine rings is 2. The van der Waals surface area contributed by atoms with Crippen LogP contribution in [0.25, 0.3) is 88.6 Å². The van der Waals surface area contributed by atoms with Crippen molar-refractivity contribution in [2.45, 2.75) is 0 Å². The minimum absolute atomic E-state index is 0.899. The van der Waals surface area contributed by atoms with Crippen molar-refractivity contribution < 1.29 is 0 Å². The SMILES string of the molecule is c1ccc(-c2ccc(-c3nc(-c4ccccc4)c4c5cc6c(cc5c5ccccc5n34)c3ccccc3n6-c3ccccn3)cc2)cc1. The van der Waals surface area contributed by atoms with Gasteiger partial charge in [0.1, 0.15) is 11.6 Å². The Morgan fingerprint density at radius 1 is 0.396 bits per heavy atom. The minimum atomic E-state index is 0.899. The summed E-state index contributed by atoms with van der Waals surface area (Å²) in [5.41, 5.74) is 9.99. The fourth-order valence-electron chi connectivity index (χ4n) is 7.40. The molecule has 224 valence electrons. The summed E-state index contributed by atoms with van der Waals surface area (Å²) in [5.74, 6) is 1.82. The summed E-state index contributed by atoms with van der Waals surface area (Å²) in [7, 11) is 0. The molecule has 4 aromatic heterocycles. The summed E-state index contributed by atoms with van der Waals surface area (Å²) < 4.78 is 4.66. The molecule has 0 atom stereocenters. The topological polar surface area (TPSA) is 35.1 Å². The summed E-state index contributed by atoms with van der Waals surface area (Å²) >= 11 is 0. The van der Waals surface area contributed by atoms with Crippen molar-refractivity contribution in [2.75, 3.05) is 0 Å². The molecular weight excluding hydrogens is 585 g/mol. The first-order valence-electron chi connectivity index (χ1n) is 16.3. The first-order valence-corrected chi connectivity index (χ1v) is 16.3. The molecule has 10 aromatic rings. The van der Waals surface area contributed by atoms with Gasteiger partial charge in [0.2, 0.25) is 0 Å². The number of benzene rings is 6. The van der Waals surface area contributed by atoms with Crippen LogP contribution in [0.4, 0.5) is 0 Å². The quantitative estimate of drug-likeness (QED) is 0.185. The predicted octanol–water partition coefficient (Wildman–Crippen LogP) is 11.1. The number of fused-ring (bicyclic) bond motifs is 9. The van der Waals surface area contributed by atoms with Crippen LogP contribution in [0, 0.1) is 0 Å². The lowest BCUT2D eigenvalue weighted by molar-refractivity contribution is 1.08. The second kappa shape index (κ2) is 10.5. The maximum Gasteiger partial charge on any atom is 0.145 e. The second-order valence-electron chi connectivity index (χ2n) is 12.3. The standard InChI is InChI=1S/C44H28N4/c1-3-13-29(14-4-1)30-22-24-32(25-23-30)44-46-42(31-15-5-2-6-16-31)43-37-28-40-36(27-35(37)33-17-7-10-20-39(33)48(43)44)34-18-8-9-19-38(34)47(40)41-21-11-12-26-45-41/h1-28H. The Hall–Kier alpha value is -6.52. The summed E-state index contributed by atoms with van der Waals surface area (Å²) in [6.45, 7) is 0. The second-order valence-corrected chi connectivity index (χ2v) is 12.3. The third-order valence-corrected chi connectivity index (χ3v) is 9.56. The number of aromatic nitrogens is 4. The van der Waals surface area contributed by atoms with E-state index in [0.717, 1.165) is 55.9 Å². The summed E-state index contributed by atoms with van der Waals surface area (Å²) in [4.78, 5) is 10.3. The van der Waals surface area contributed by atoms with E-state index in [-0.39, 0.29) is 0 Å². The molecule has 0 aliphatic rings. The Morgan fingerprint density at radius 2 is 1.00 bits per heavy atom. The first-order chi connectivity index (χ1) is 23.8. The molecule has 4 heterocycles. The van der Waals surface area contributed by atoms with E-state index in [0.29, 0.717) is 0 Å². The number of para-hydroxylation sites is 2. The Bertz CT molecular complexity index is 2800. The molecule has 6 aromatic carbocycles. The highest BCUT2D eigenvalue weighted by molar-refractivity contribution is 6.22. The van der Waals surface area contributed by atoms with E-state index >= 15 is 0 Å². The molecule has 0 bridgehead atoms. The average molecular weight is 613 g/mol. The van der Waals surface area contributed by atoms with Gasteiger partial charge in [0.25, 0.3) is 0 Å². The number of hydrogen-bond acceptors (Lipinski definition) is 2. The van der Waals surface area contributed by atoms with Crippen molar-refractivity contribution in [1.29, 1.82) is 0 Å². The van der Waals surface area contributed by atoms with Crippen molar-refractivity contribution in [3.63, 3.8) is 0 Å². The molecule has 0 aliphatic carbocycles. The molecule has 0 N–H and O–H groups in total. The van der Waals surface area contributed by atoms with Crippen molar-refractivity contribution in [3.8, 4) is 39.6 Å². The number of hydrogen-bond donors (Lipinski definition) is 0. The fraction of sp³-hybridized carbons (Fsp3) is 0. The molecule has 0 unspecified atom stereocenters. The lowest BCUT2D eigenvalue weighted by atomic mass is 9.99. The van der Waals surface area contributed by atoms with Crippen LogP contribution in [0.3, 0.4) is 0 Å². The smallest absolute Gasteiger partial charge is 0.145 e. The van der Waals surface area contributed by atoms with E-state index in [4.69, 9.17) is 9.97 Å². The zero-order valence-electron chi connectivity index (χ0n) is 26.0. The van der Waals surface area contributed by atoms with Gasteiger partial charge in [0, 0.05) is 38.9 Å². The molecule has 0 radical (unpaired) electrons. The number of imidazole rings is 1. The molecule has 0 amide bonds. The molecule has 10 rings (SSSR count). The Kier molecular flexibility index (Phi) is 5.84. The van der Waals surface area contributed by atoms with Crippen molar-refractivity contribution in [2.24, 2.45) is 0 Å². The average Bonchev–Trinajstić information content (AvgIpc) is 3.72. The van der Waals surface area contributed by atoms with Crippen LogP contribution >= 0.6 is 0 Å². The van der Waals surface area contributed by atoms with Crippen LogP contribution < -0.4 is 0 Å². The van der Waals surface area contributed by atoms with Gasteiger partial charge >= 0.3 is 0 Å². The highest BCUT2D eigenvalue weighted by Crippen LogP contribution is 2.42. The van der Waals surface area contributed by atoms with Gasteiger partial charge in [-0.2, -0.15) is 0 Å². The Labute approximate surface area is 276 Å². The third-order valence-electron chi connectivity index (χ3n) is 9.56. The van der Waals surface area contributed by atoms with Gasteiger partial charge < -0.3 is 0 Å². The van der Waals surface area contributed by atoms with E-state index in [1.807, 2.05) is 12.3 Å². The van der Waals surface area contributed by atoms with Crippen molar-refractivity contribution >= 4 is 49.0 Å². The van der Waals surface area contributed by atoms with Crippen LogP contribution in [0.1, 0.15) is 0 Å². The van der Waals surface area contributed by atoms with E-state index in [2.05, 4.69) is 167 Å². The van der Waals surface area contributed by atoms with Crippen molar-refractivity contribution in [1.82, 2.24) is 18.9 Å². The Morgan fingerprint density at radius 3 is 1.73 bits per heavy atom. The molecule has 0 saturated carbocycles. The van der Waals surface area contributed by atoms with Gasteiger partial charge in [-0.3, -0.25) is 8.97 Å². The highest BCUT2D eigenvalue weighted by Gasteiger charge is 2.22. The van der Waals surface area contributed by atoms with Crippen LogP contribution in [0.2, 0.25) is 0 Å². The van der Waals surface area contributed by atoms with Gasteiger partial charge in [-0.15, -0.1) is 0 Å². The molecule has 0 spiro atoms. The van der Waals surface area contributed by atoms with Gasteiger partial charge in [-0.25, -0.2) is 9.97 Å². The first kappa shape index (κ1) is 26.7. The molecule has 4 heteroatoms. The van der Waals surface area contributed by atoms with Gasteiger partial charge in [-0.1, -0.05) is 127 Å². The lowest BCUT2D eigenvalue weighted by Crippen LogP contribution is -1.97. The normalized spacial score (nSPS) is 11.8. The van der Waals surface area contributed by atoms with E-state index < -0.39 is 0 Å². The number of nitrogens with zero attached hydrogens (tertiary/aromatic N) is 4. The summed E-state index contributed by atoms with van der Waals surface area (Å²) in [6, 6.07) is 58.1. The van der Waals surface area contributed by atoms with Crippen LogP contribution in [-0.2, 0) is 0 Å². The third kappa shape index (κ3) is 3.96. The predicted molar refractivity (Wildman–Crippen MR) is 199 cm³/mol. The molecule has 0 saturated heterocycles. The zero-order chi connectivity index (χ0) is 31.6. The van der Waals surface area contributed by atoms with Crippen molar-refractivity contribution in [3.05, 3.63) is 170 Å². The highest BCUT2D eigenvalue weighted by atomic mass is 15.1. The number of rotatable bonds is 4. The minimum Gasteiger partial charge on any atom is -0.294 e. The molecule has 4 nitrogen and oxygen atoms in total. The van der Waals surface area contributed by atoms with Crippen LogP contribution in [-0.4, -0.2) is 18.9 Å².